The second-order valence-electron chi connectivity index (χ2n) is 10.5. The molecular weight excluding hydrogens is 501 g/mol. The van der Waals surface area contributed by atoms with Crippen molar-refractivity contribution in [3.63, 3.8) is 0 Å². The molecule has 1 fully saturated rings. The molecule has 1 aliphatic rings. The van der Waals surface area contributed by atoms with Crippen LogP contribution < -0.4 is 9.47 Å². The van der Waals surface area contributed by atoms with E-state index in [1.165, 1.54) is 25.0 Å². The normalized spacial score (nSPS) is 17.2. The SMILES string of the molecule is CCCCCCCOc1ccc(OC(=O)C2CCC(c3ccc(-c4ccc(C)cc4)c(F)c3F)CC2)c(F)c1. The molecule has 0 unspecified atom stereocenters. The second-order valence-corrected chi connectivity index (χ2v) is 10.5. The predicted molar refractivity (Wildman–Crippen MR) is 148 cm³/mol. The van der Waals surface area contributed by atoms with Crippen LogP contribution in [0.2, 0.25) is 0 Å². The van der Waals surface area contributed by atoms with Crippen molar-refractivity contribution >= 4 is 5.97 Å². The Kier molecular flexibility index (Phi) is 10.1. The fourth-order valence-corrected chi connectivity index (χ4v) is 5.22. The van der Waals surface area contributed by atoms with Gasteiger partial charge in [-0.1, -0.05) is 74.6 Å². The number of ether oxygens (including phenoxy) is 2. The molecule has 0 radical (unpaired) electrons. The molecule has 0 spiro atoms. The van der Waals surface area contributed by atoms with Gasteiger partial charge in [-0.05, 0) is 68.2 Å². The van der Waals surface area contributed by atoms with Gasteiger partial charge in [-0.25, -0.2) is 13.2 Å². The van der Waals surface area contributed by atoms with Gasteiger partial charge in [-0.2, -0.15) is 0 Å². The van der Waals surface area contributed by atoms with E-state index >= 15 is 4.39 Å². The number of carbonyl (C=O) groups excluding carboxylic acids is 1. The number of benzene rings is 3. The van der Waals surface area contributed by atoms with Crippen LogP contribution in [0.4, 0.5) is 13.2 Å². The summed E-state index contributed by atoms with van der Waals surface area (Å²) < 4.78 is 55.6. The molecule has 0 aromatic heterocycles. The maximum absolute atomic E-state index is 15.1. The summed E-state index contributed by atoms with van der Waals surface area (Å²) in [5, 5.41) is 0. The van der Waals surface area contributed by atoms with Crippen LogP contribution in [0.1, 0.15) is 81.8 Å². The van der Waals surface area contributed by atoms with E-state index in [-0.39, 0.29) is 17.2 Å². The van der Waals surface area contributed by atoms with Crippen LogP contribution in [-0.2, 0) is 4.79 Å². The lowest BCUT2D eigenvalue weighted by molar-refractivity contribution is -0.140. The molecule has 1 aliphatic carbocycles. The van der Waals surface area contributed by atoms with E-state index in [9.17, 15) is 13.6 Å². The van der Waals surface area contributed by atoms with Crippen LogP contribution in [0.25, 0.3) is 11.1 Å². The van der Waals surface area contributed by atoms with Gasteiger partial charge in [0.05, 0.1) is 12.5 Å². The Morgan fingerprint density at radius 1 is 0.846 bits per heavy atom. The molecular formula is C33H37F3O3. The van der Waals surface area contributed by atoms with Gasteiger partial charge < -0.3 is 9.47 Å². The van der Waals surface area contributed by atoms with Gasteiger partial charge in [-0.15, -0.1) is 0 Å². The lowest BCUT2D eigenvalue weighted by Gasteiger charge is -2.28. The first-order valence-corrected chi connectivity index (χ1v) is 14.1. The van der Waals surface area contributed by atoms with E-state index in [2.05, 4.69) is 6.92 Å². The number of carbonyl (C=O) groups is 1. The van der Waals surface area contributed by atoms with Gasteiger partial charge in [0, 0.05) is 11.6 Å². The van der Waals surface area contributed by atoms with Crippen molar-refractivity contribution in [2.24, 2.45) is 5.92 Å². The summed E-state index contributed by atoms with van der Waals surface area (Å²) in [6.07, 6.45) is 7.50. The highest BCUT2D eigenvalue weighted by atomic mass is 19.2. The molecule has 0 atom stereocenters. The molecule has 3 nitrogen and oxygen atoms in total. The van der Waals surface area contributed by atoms with Crippen molar-refractivity contribution in [2.45, 2.75) is 77.6 Å². The Hall–Kier alpha value is -3.28. The van der Waals surface area contributed by atoms with E-state index in [1.54, 1.807) is 30.3 Å². The van der Waals surface area contributed by atoms with Crippen LogP contribution in [0.5, 0.6) is 11.5 Å². The smallest absolute Gasteiger partial charge is 0.314 e. The summed E-state index contributed by atoms with van der Waals surface area (Å²) in [4.78, 5) is 12.7. The lowest BCUT2D eigenvalue weighted by Crippen LogP contribution is -2.25. The third kappa shape index (κ3) is 7.43. The van der Waals surface area contributed by atoms with Crippen LogP contribution in [-0.4, -0.2) is 12.6 Å². The summed E-state index contributed by atoms with van der Waals surface area (Å²) in [6.45, 7) is 4.62. The van der Waals surface area contributed by atoms with Crippen molar-refractivity contribution in [3.8, 4) is 22.6 Å². The standard InChI is InChI=1S/C33H37F3O3/c1-3-4-5-6-7-20-38-26-16-19-30(29(34)21-26)39-33(37)25-14-12-24(13-15-25)28-18-17-27(31(35)32(28)36)23-10-8-22(2)9-11-23/h8-11,16-19,21,24-25H,3-7,12-15,20H2,1-2H3. The van der Waals surface area contributed by atoms with Crippen LogP contribution >= 0.6 is 0 Å². The molecule has 0 N–H and O–H groups in total. The largest absolute Gasteiger partial charge is 0.493 e. The summed E-state index contributed by atoms with van der Waals surface area (Å²) >= 11 is 0. The summed E-state index contributed by atoms with van der Waals surface area (Å²) in [5.41, 5.74) is 2.24. The predicted octanol–water partition coefficient (Wildman–Crippen LogP) is 9.31. The molecule has 0 amide bonds. The molecule has 1 saturated carbocycles. The number of hydrogen-bond acceptors (Lipinski definition) is 3. The highest BCUT2D eigenvalue weighted by Crippen LogP contribution is 2.39. The highest BCUT2D eigenvalue weighted by Gasteiger charge is 2.31. The number of esters is 1. The molecule has 0 aliphatic heterocycles. The van der Waals surface area contributed by atoms with Gasteiger partial charge in [-0.3, -0.25) is 4.79 Å². The van der Waals surface area contributed by atoms with Crippen molar-refractivity contribution < 1.29 is 27.4 Å². The highest BCUT2D eigenvalue weighted by molar-refractivity contribution is 5.75. The summed E-state index contributed by atoms with van der Waals surface area (Å²) in [6, 6.07) is 14.8. The Morgan fingerprint density at radius 3 is 2.26 bits per heavy atom. The first-order chi connectivity index (χ1) is 18.9. The number of halogens is 3. The van der Waals surface area contributed by atoms with E-state index in [0.29, 0.717) is 49.2 Å². The Labute approximate surface area is 229 Å². The zero-order valence-electron chi connectivity index (χ0n) is 22.8. The zero-order valence-corrected chi connectivity index (χ0v) is 22.8. The van der Waals surface area contributed by atoms with Gasteiger partial charge in [0.2, 0.25) is 0 Å². The fraction of sp³-hybridized carbons (Fsp3) is 0.424. The average molecular weight is 539 g/mol. The monoisotopic (exact) mass is 538 g/mol. The van der Waals surface area contributed by atoms with Crippen molar-refractivity contribution in [1.29, 1.82) is 0 Å². The number of unbranched alkanes of at least 4 members (excludes halogenated alkanes) is 4. The molecule has 3 aromatic rings. The van der Waals surface area contributed by atoms with Gasteiger partial charge in [0.25, 0.3) is 0 Å². The van der Waals surface area contributed by atoms with E-state index in [4.69, 9.17) is 9.47 Å². The third-order valence-electron chi connectivity index (χ3n) is 7.61. The number of hydrogen-bond donors (Lipinski definition) is 0. The molecule has 0 heterocycles. The van der Waals surface area contributed by atoms with Crippen molar-refractivity contribution in [1.82, 2.24) is 0 Å². The summed E-state index contributed by atoms with van der Waals surface area (Å²) in [5.74, 6) is -3.15. The molecule has 39 heavy (non-hydrogen) atoms. The van der Waals surface area contributed by atoms with Gasteiger partial charge in [0.15, 0.2) is 23.2 Å². The summed E-state index contributed by atoms with van der Waals surface area (Å²) in [7, 11) is 0. The molecule has 4 rings (SSSR count). The maximum Gasteiger partial charge on any atom is 0.314 e. The second kappa shape index (κ2) is 13.7. The molecule has 0 bridgehead atoms. The topological polar surface area (TPSA) is 35.5 Å². The van der Waals surface area contributed by atoms with Crippen molar-refractivity contribution in [3.05, 3.63) is 83.2 Å². The number of rotatable bonds is 11. The minimum Gasteiger partial charge on any atom is -0.493 e. The first kappa shape index (κ1) is 28.7. The van der Waals surface area contributed by atoms with Crippen LogP contribution in [0.15, 0.2) is 54.6 Å². The maximum atomic E-state index is 15.1. The zero-order chi connectivity index (χ0) is 27.8. The Balaban J connectivity index is 1.29. The quantitative estimate of drug-likeness (QED) is 0.139. The number of aryl methyl sites for hydroxylation is 1. The molecule has 0 saturated heterocycles. The van der Waals surface area contributed by atoms with E-state index in [0.717, 1.165) is 24.8 Å². The molecule has 208 valence electrons. The Morgan fingerprint density at radius 2 is 1.56 bits per heavy atom. The van der Waals surface area contributed by atoms with Crippen LogP contribution in [0, 0.1) is 30.3 Å². The van der Waals surface area contributed by atoms with E-state index < -0.39 is 29.3 Å². The van der Waals surface area contributed by atoms with Gasteiger partial charge in [0.1, 0.15) is 5.75 Å². The lowest BCUT2D eigenvalue weighted by atomic mass is 9.78. The fourth-order valence-electron chi connectivity index (χ4n) is 5.22. The molecule has 6 heteroatoms. The average Bonchev–Trinajstić information content (AvgIpc) is 2.94. The minimum absolute atomic E-state index is 0.128. The Bertz CT molecular complexity index is 1250. The first-order valence-electron chi connectivity index (χ1n) is 14.1. The molecule has 3 aromatic carbocycles. The van der Waals surface area contributed by atoms with E-state index in [1.807, 2.05) is 19.1 Å². The van der Waals surface area contributed by atoms with Crippen molar-refractivity contribution in [2.75, 3.05) is 6.61 Å². The third-order valence-corrected chi connectivity index (χ3v) is 7.61. The minimum atomic E-state index is -0.850. The van der Waals surface area contributed by atoms with Gasteiger partial charge >= 0.3 is 5.97 Å². The van der Waals surface area contributed by atoms with Crippen LogP contribution in [0.3, 0.4) is 0 Å².